The van der Waals surface area contributed by atoms with Crippen molar-refractivity contribution < 1.29 is 9.47 Å². The minimum absolute atomic E-state index is 0.618. The van der Waals surface area contributed by atoms with Crippen LogP contribution in [0.5, 0.6) is 0 Å². The highest BCUT2D eigenvalue weighted by atomic mass is 16.7. The van der Waals surface area contributed by atoms with Gasteiger partial charge >= 0.3 is 0 Å². The zero-order valence-corrected chi connectivity index (χ0v) is 9.12. The summed E-state index contributed by atoms with van der Waals surface area (Å²) in [7, 11) is 0. The standard InChI is InChI=1S/C11H16N2O2/c1-9(11(2)14-6-7-15-11)13-8-10-4-3-5-12-10/h3-5,12H,6-8H2,1-2H3. The molecule has 4 heteroatoms. The van der Waals surface area contributed by atoms with E-state index in [2.05, 4.69) is 9.98 Å². The molecule has 82 valence electrons. The smallest absolute Gasteiger partial charge is 0.204 e. The van der Waals surface area contributed by atoms with Gasteiger partial charge in [-0.05, 0) is 26.0 Å². The average Bonchev–Trinajstić information content (AvgIpc) is 2.85. The number of aliphatic imine (C=N–C) groups is 1. The molecule has 1 aromatic heterocycles. The van der Waals surface area contributed by atoms with E-state index in [1.165, 1.54) is 0 Å². The molecule has 0 unspecified atom stereocenters. The van der Waals surface area contributed by atoms with Crippen LogP contribution in [0.3, 0.4) is 0 Å². The first kappa shape index (κ1) is 10.4. The minimum Gasteiger partial charge on any atom is -0.363 e. The molecule has 0 aromatic carbocycles. The summed E-state index contributed by atoms with van der Waals surface area (Å²) < 4.78 is 11.0. The first-order chi connectivity index (χ1) is 7.21. The van der Waals surface area contributed by atoms with Crippen molar-refractivity contribution in [3.05, 3.63) is 24.0 Å². The third-order valence-corrected chi connectivity index (χ3v) is 2.64. The van der Waals surface area contributed by atoms with Crippen molar-refractivity contribution in [1.29, 1.82) is 0 Å². The van der Waals surface area contributed by atoms with Gasteiger partial charge in [-0.15, -0.1) is 0 Å². The quantitative estimate of drug-likeness (QED) is 0.769. The normalized spacial score (nSPS) is 20.8. The molecule has 1 aromatic rings. The van der Waals surface area contributed by atoms with Crippen molar-refractivity contribution in [2.45, 2.75) is 26.2 Å². The lowest BCUT2D eigenvalue weighted by Crippen LogP contribution is -2.34. The van der Waals surface area contributed by atoms with Gasteiger partial charge in [-0.3, -0.25) is 4.99 Å². The second-order valence-corrected chi connectivity index (χ2v) is 3.74. The van der Waals surface area contributed by atoms with Crippen molar-refractivity contribution in [2.75, 3.05) is 13.2 Å². The molecule has 1 aliphatic heterocycles. The third kappa shape index (κ3) is 2.27. The first-order valence-electron chi connectivity index (χ1n) is 5.12. The van der Waals surface area contributed by atoms with Crippen LogP contribution in [0.25, 0.3) is 0 Å². The minimum atomic E-state index is -0.618. The Morgan fingerprint density at radius 2 is 2.27 bits per heavy atom. The number of aromatic amines is 1. The molecule has 1 N–H and O–H groups in total. The Labute approximate surface area is 89.3 Å². The van der Waals surface area contributed by atoms with Crippen molar-refractivity contribution in [2.24, 2.45) is 4.99 Å². The summed E-state index contributed by atoms with van der Waals surface area (Å²) >= 11 is 0. The van der Waals surface area contributed by atoms with Gasteiger partial charge in [0.2, 0.25) is 5.79 Å². The summed E-state index contributed by atoms with van der Waals surface area (Å²) in [6.07, 6.45) is 1.89. The van der Waals surface area contributed by atoms with E-state index < -0.39 is 5.79 Å². The fourth-order valence-corrected chi connectivity index (χ4v) is 1.54. The Kier molecular flexibility index (Phi) is 2.88. The maximum Gasteiger partial charge on any atom is 0.204 e. The van der Waals surface area contributed by atoms with Gasteiger partial charge in [0.25, 0.3) is 0 Å². The molecular weight excluding hydrogens is 192 g/mol. The molecule has 0 saturated carbocycles. The molecule has 0 aliphatic carbocycles. The van der Waals surface area contributed by atoms with Crippen LogP contribution in [0.1, 0.15) is 19.5 Å². The molecule has 15 heavy (non-hydrogen) atoms. The van der Waals surface area contributed by atoms with Gasteiger partial charge in [0, 0.05) is 11.9 Å². The van der Waals surface area contributed by atoms with Crippen molar-refractivity contribution >= 4 is 5.71 Å². The monoisotopic (exact) mass is 208 g/mol. The lowest BCUT2D eigenvalue weighted by atomic mass is 10.2. The van der Waals surface area contributed by atoms with Gasteiger partial charge in [0.15, 0.2) is 0 Å². The van der Waals surface area contributed by atoms with Crippen LogP contribution in [0, 0.1) is 0 Å². The molecule has 0 atom stereocenters. The second kappa shape index (κ2) is 4.16. The summed E-state index contributed by atoms with van der Waals surface area (Å²) in [5, 5.41) is 0. The molecule has 1 fully saturated rings. The molecule has 0 spiro atoms. The summed E-state index contributed by atoms with van der Waals surface area (Å²) in [6.45, 7) is 5.78. The average molecular weight is 208 g/mol. The zero-order valence-electron chi connectivity index (χ0n) is 9.12. The fraction of sp³-hybridized carbons (Fsp3) is 0.545. The maximum absolute atomic E-state index is 5.51. The van der Waals surface area contributed by atoms with Gasteiger partial charge in [-0.1, -0.05) is 0 Å². The predicted molar refractivity (Wildman–Crippen MR) is 57.9 cm³/mol. The molecule has 2 heterocycles. The maximum atomic E-state index is 5.51. The van der Waals surface area contributed by atoms with Crippen molar-refractivity contribution in [3.63, 3.8) is 0 Å². The van der Waals surface area contributed by atoms with E-state index >= 15 is 0 Å². The highest BCUT2D eigenvalue weighted by Crippen LogP contribution is 2.20. The molecule has 2 rings (SSSR count). The molecule has 1 aliphatic rings. The first-order valence-corrected chi connectivity index (χ1v) is 5.12. The lowest BCUT2D eigenvalue weighted by Gasteiger charge is -2.21. The number of nitrogens with one attached hydrogen (secondary N) is 1. The summed E-state index contributed by atoms with van der Waals surface area (Å²) in [6, 6.07) is 3.97. The topological polar surface area (TPSA) is 46.6 Å². The number of H-pyrrole nitrogens is 1. The molecule has 0 amide bonds. The SMILES string of the molecule is CC(=NCc1ccc[nH]1)C1(C)OCCO1. The van der Waals surface area contributed by atoms with Crippen molar-refractivity contribution in [1.82, 2.24) is 4.98 Å². The van der Waals surface area contributed by atoms with Crippen LogP contribution < -0.4 is 0 Å². The number of ether oxygens (including phenoxy) is 2. The summed E-state index contributed by atoms with van der Waals surface area (Å²) in [5.41, 5.74) is 1.98. The van der Waals surface area contributed by atoms with E-state index in [0.29, 0.717) is 19.8 Å². The third-order valence-electron chi connectivity index (χ3n) is 2.64. The Hall–Kier alpha value is -1.13. The van der Waals surface area contributed by atoms with E-state index in [0.717, 1.165) is 11.4 Å². The largest absolute Gasteiger partial charge is 0.363 e. The number of aromatic nitrogens is 1. The lowest BCUT2D eigenvalue weighted by molar-refractivity contribution is -0.0822. The summed E-state index contributed by atoms with van der Waals surface area (Å²) in [4.78, 5) is 7.56. The van der Waals surface area contributed by atoms with Gasteiger partial charge in [0.05, 0.1) is 25.5 Å². The molecule has 4 nitrogen and oxygen atoms in total. The van der Waals surface area contributed by atoms with Crippen LogP contribution in [-0.4, -0.2) is 29.7 Å². The van der Waals surface area contributed by atoms with Crippen LogP contribution in [-0.2, 0) is 16.0 Å². The van der Waals surface area contributed by atoms with E-state index in [1.54, 1.807) is 0 Å². The van der Waals surface area contributed by atoms with E-state index in [4.69, 9.17) is 9.47 Å². The Balaban J connectivity index is 2.00. The fourth-order valence-electron chi connectivity index (χ4n) is 1.54. The van der Waals surface area contributed by atoms with Gasteiger partial charge in [-0.25, -0.2) is 0 Å². The predicted octanol–water partition coefficient (Wildman–Crippen LogP) is 1.74. The zero-order chi connectivity index (χ0) is 10.7. The summed E-state index contributed by atoms with van der Waals surface area (Å²) in [5.74, 6) is -0.618. The van der Waals surface area contributed by atoms with Crippen LogP contribution in [0.15, 0.2) is 23.3 Å². The molecule has 0 radical (unpaired) electrons. The van der Waals surface area contributed by atoms with E-state index in [9.17, 15) is 0 Å². The molecule has 0 bridgehead atoms. The van der Waals surface area contributed by atoms with Gasteiger partial charge in [-0.2, -0.15) is 0 Å². The van der Waals surface area contributed by atoms with Gasteiger partial charge < -0.3 is 14.5 Å². The Morgan fingerprint density at radius 3 is 2.87 bits per heavy atom. The molecular formula is C11H16N2O2. The van der Waals surface area contributed by atoms with Crippen LogP contribution >= 0.6 is 0 Å². The second-order valence-electron chi connectivity index (χ2n) is 3.74. The van der Waals surface area contributed by atoms with Crippen LogP contribution in [0.2, 0.25) is 0 Å². The Morgan fingerprint density at radius 1 is 1.53 bits per heavy atom. The Bertz CT molecular complexity index is 337. The number of hydrogen-bond donors (Lipinski definition) is 1. The van der Waals surface area contributed by atoms with E-state index in [-0.39, 0.29) is 0 Å². The molecule has 1 saturated heterocycles. The highest BCUT2D eigenvalue weighted by Gasteiger charge is 2.33. The van der Waals surface area contributed by atoms with Gasteiger partial charge in [0.1, 0.15) is 0 Å². The number of hydrogen-bond acceptors (Lipinski definition) is 3. The number of nitrogens with zero attached hydrogens (tertiary/aromatic N) is 1. The van der Waals surface area contributed by atoms with Crippen molar-refractivity contribution in [3.8, 4) is 0 Å². The van der Waals surface area contributed by atoms with E-state index in [1.807, 2.05) is 32.2 Å². The number of rotatable bonds is 3. The van der Waals surface area contributed by atoms with Crippen LogP contribution in [0.4, 0.5) is 0 Å². The highest BCUT2D eigenvalue weighted by molar-refractivity contribution is 5.88.